The number of rotatable bonds is 20. The Morgan fingerprint density at radius 1 is 0.797 bits per heavy atom. The molecule has 0 radical (unpaired) electrons. The number of carbonyl (C=O) groups excluding carboxylic acids is 8. The molecule has 16 nitrogen and oxygen atoms in total. The maximum absolute atomic E-state index is 14.1. The van der Waals surface area contributed by atoms with E-state index in [-0.39, 0.29) is 31.2 Å². The molecule has 2 heterocycles. The first kappa shape index (κ1) is 50.6. The third kappa shape index (κ3) is 13.5. The molecule has 2 fully saturated rings. The molecule has 4 rings (SSSR count). The lowest BCUT2D eigenvalue weighted by molar-refractivity contribution is -0.161. The molecule has 2 aliphatic rings. The summed E-state index contributed by atoms with van der Waals surface area (Å²) in [5.74, 6) is -4.77. The van der Waals surface area contributed by atoms with Gasteiger partial charge in [-0.2, -0.15) is 0 Å². The summed E-state index contributed by atoms with van der Waals surface area (Å²) in [6.07, 6.45) is 4.60. The highest BCUT2D eigenvalue weighted by atomic mass is 16.5. The quantitative estimate of drug-likeness (QED) is 0.147. The monoisotopic (exact) mass is 886 g/mol. The van der Waals surface area contributed by atoms with Crippen LogP contribution in [0.3, 0.4) is 0 Å². The highest BCUT2D eigenvalue weighted by molar-refractivity contribution is 5.97. The largest absolute Gasteiger partial charge is 0.467 e. The molecule has 0 spiro atoms. The van der Waals surface area contributed by atoms with Gasteiger partial charge < -0.3 is 39.7 Å². The predicted octanol–water partition coefficient (Wildman–Crippen LogP) is 3.38. The van der Waals surface area contributed by atoms with Gasteiger partial charge in [0.25, 0.3) is 5.91 Å². The summed E-state index contributed by atoms with van der Waals surface area (Å²) in [5.41, 5.74) is 1.59. The Kier molecular flexibility index (Phi) is 19.1. The molecular formula is C48H66N6O10. The molecule has 16 heteroatoms. The normalized spacial score (nSPS) is 18.4. The Morgan fingerprint density at radius 3 is 1.98 bits per heavy atom. The molecule has 64 heavy (non-hydrogen) atoms. The third-order valence-corrected chi connectivity index (χ3v) is 12.1. The fourth-order valence-electron chi connectivity index (χ4n) is 8.11. The Hall–Kier alpha value is -6.06. The van der Waals surface area contributed by atoms with Crippen molar-refractivity contribution < 1.29 is 47.8 Å². The first-order valence-corrected chi connectivity index (χ1v) is 22.3. The molecule has 0 bridgehead atoms. The zero-order valence-electron chi connectivity index (χ0n) is 38.5. The summed E-state index contributed by atoms with van der Waals surface area (Å²) < 4.78 is 10.6. The third-order valence-electron chi connectivity index (χ3n) is 12.1. The Labute approximate surface area is 377 Å². The van der Waals surface area contributed by atoms with Gasteiger partial charge >= 0.3 is 11.9 Å². The molecule has 2 aromatic rings. The maximum atomic E-state index is 14.1. The second-order valence-corrected chi connectivity index (χ2v) is 17.1. The summed E-state index contributed by atoms with van der Waals surface area (Å²) >= 11 is 0. The molecule has 2 aliphatic heterocycles. The average molecular weight is 887 g/mol. The van der Waals surface area contributed by atoms with Gasteiger partial charge in [-0.15, -0.1) is 0 Å². The molecule has 0 saturated carbocycles. The zero-order chi connectivity index (χ0) is 47.1. The van der Waals surface area contributed by atoms with Crippen LogP contribution in [-0.4, -0.2) is 144 Å². The number of carbonyl (C=O) groups is 8. The van der Waals surface area contributed by atoms with E-state index in [1.165, 1.54) is 53.8 Å². The number of hydrogen-bond acceptors (Lipinski definition) is 10. The lowest BCUT2D eigenvalue weighted by Crippen LogP contribution is -2.58. The lowest BCUT2D eigenvalue weighted by Gasteiger charge is -2.35. The number of nitrogens with one attached hydrogen (secondary N) is 2. The number of likely N-dealkylation sites (tertiary alicyclic amines) is 2. The van der Waals surface area contributed by atoms with Crippen LogP contribution in [0.1, 0.15) is 84.3 Å². The molecule has 0 unspecified atom stereocenters. The first-order chi connectivity index (χ1) is 30.5. The predicted molar refractivity (Wildman–Crippen MR) is 240 cm³/mol. The Morgan fingerprint density at radius 2 is 1.39 bits per heavy atom. The summed E-state index contributed by atoms with van der Waals surface area (Å²) in [6, 6.07) is 13.6. The van der Waals surface area contributed by atoms with Gasteiger partial charge in [0, 0.05) is 45.6 Å². The van der Waals surface area contributed by atoms with Crippen LogP contribution >= 0.6 is 0 Å². The number of esters is 2. The van der Waals surface area contributed by atoms with Crippen molar-refractivity contribution in [2.24, 2.45) is 11.8 Å². The van der Waals surface area contributed by atoms with Gasteiger partial charge in [0.15, 0.2) is 6.10 Å². The highest BCUT2D eigenvalue weighted by Gasteiger charge is 2.42. The van der Waals surface area contributed by atoms with E-state index in [1.54, 1.807) is 13.0 Å². The van der Waals surface area contributed by atoms with E-state index in [9.17, 15) is 38.4 Å². The van der Waals surface area contributed by atoms with Crippen molar-refractivity contribution in [2.45, 2.75) is 116 Å². The summed E-state index contributed by atoms with van der Waals surface area (Å²) in [7, 11) is 4.21. The van der Waals surface area contributed by atoms with E-state index in [0.717, 1.165) is 11.1 Å². The zero-order valence-corrected chi connectivity index (χ0v) is 38.5. The number of ether oxygens (including phenoxy) is 2. The molecule has 2 N–H and O–H groups in total. The second-order valence-electron chi connectivity index (χ2n) is 17.1. The molecular weight excluding hydrogens is 821 g/mol. The number of nitrogens with zero attached hydrogens (tertiary/aromatic N) is 4. The van der Waals surface area contributed by atoms with Crippen LogP contribution in [0.2, 0.25) is 0 Å². The minimum absolute atomic E-state index is 0.0511. The van der Waals surface area contributed by atoms with Crippen LogP contribution in [0.4, 0.5) is 0 Å². The molecule has 6 amide bonds. The summed E-state index contributed by atoms with van der Waals surface area (Å²) in [6.45, 7) is 9.09. The number of hydrogen-bond donors (Lipinski definition) is 2. The summed E-state index contributed by atoms with van der Waals surface area (Å²) in [4.78, 5) is 114. The van der Waals surface area contributed by atoms with E-state index < -0.39 is 90.2 Å². The van der Waals surface area contributed by atoms with E-state index >= 15 is 0 Å². The van der Waals surface area contributed by atoms with E-state index in [1.807, 2.05) is 81.4 Å². The lowest BCUT2D eigenvalue weighted by atomic mass is 10.00. The number of likely N-dealkylation sites (N-methyl/N-ethyl adjacent to an activating group) is 2. The van der Waals surface area contributed by atoms with Gasteiger partial charge in [-0.25, -0.2) is 9.59 Å². The Balaban J connectivity index is 1.40. The SMILES string of the molecule is CC[C@@H](C)[C@H](OC(=O)/C=C\c1ccccc1)C(=O)N1CCC[C@@H]1C(=O)NCC(=O)N(C)[C@H](CC(C)C)C(=O)N[C@@H](C)C(=O)N(C)[C@H](Cc1ccccc1)C(=O)N1CCC[C@@H]1C(=O)OC. The molecule has 2 aromatic carbocycles. The fraction of sp³-hybridized carbons (Fsp3) is 0.542. The van der Waals surface area contributed by atoms with E-state index in [2.05, 4.69) is 10.6 Å². The van der Waals surface area contributed by atoms with Crippen molar-refractivity contribution in [1.82, 2.24) is 30.2 Å². The van der Waals surface area contributed by atoms with Gasteiger partial charge in [0.1, 0.15) is 30.2 Å². The van der Waals surface area contributed by atoms with Crippen molar-refractivity contribution in [1.29, 1.82) is 0 Å². The number of amides is 6. The summed E-state index contributed by atoms with van der Waals surface area (Å²) in [5, 5.41) is 5.40. The minimum atomic E-state index is -1.12. The fourth-order valence-corrected chi connectivity index (χ4v) is 8.11. The molecule has 0 aliphatic carbocycles. The minimum Gasteiger partial charge on any atom is -0.467 e. The van der Waals surface area contributed by atoms with Gasteiger partial charge in [-0.3, -0.25) is 28.8 Å². The van der Waals surface area contributed by atoms with Crippen LogP contribution in [0.5, 0.6) is 0 Å². The van der Waals surface area contributed by atoms with Crippen LogP contribution in [0.25, 0.3) is 6.08 Å². The van der Waals surface area contributed by atoms with Crippen molar-refractivity contribution in [2.75, 3.05) is 40.8 Å². The van der Waals surface area contributed by atoms with Gasteiger partial charge in [0.05, 0.1) is 13.7 Å². The van der Waals surface area contributed by atoms with Crippen molar-refractivity contribution in [3.8, 4) is 0 Å². The number of methoxy groups -OCH3 is 1. The first-order valence-electron chi connectivity index (χ1n) is 22.3. The average Bonchev–Trinajstić information content (AvgIpc) is 4.00. The van der Waals surface area contributed by atoms with E-state index in [4.69, 9.17) is 9.47 Å². The van der Waals surface area contributed by atoms with Crippen LogP contribution < -0.4 is 10.6 Å². The number of benzene rings is 2. The topological polar surface area (TPSA) is 192 Å². The van der Waals surface area contributed by atoms with Crippen LogP contribution in [-0.2, 0) is 54.3 Å². The van der Waals surface area contributed by atoms with E-state index in [0.29, 0.717) is 38.6 Å². The molecule has 348 valence electrons. The van der Waals surface area contributed by atoms with Crippen molar-refractivity contribution >= 4 is 53.5 Å². The highest BCUT2D eigenvalue weighted by Crippen LogP contribution is 2.25. The molecule has 0 aromatic heterocycles. The van der Waals surface area contributed by atoms with Crippen molar-refractivity contribution in [3.63, 3.8) is 0 Å². The molecule has 7 atom stereocenters. The Bertz CT molecular complexity index is 1980. The molecule has 2 saturated heterocycles. The maximum Gasteiger partial charge on any atom is 0.331 e. The second kappa shape index (κ2) is 24.1. The van der Waals surface area contributed by atoms with Crippen LogP contribution in [0, 0.1) is 11.8 Å². The van der Waals surface area contributed by atoms with Crippen LogP contribution in [0.15, 0.2) is 66.7 Å². The van der Waals surface area contributed by atoms with Gasteiger partial charge in [-0.05, 0) is 68.6 Å². The van der Waals surface area contributed by atoms with Gasteiger partial charge in [-0.1, -0.05) is 88.4 Å². The van der Waals surface area contributed by atoms with Crippen molar-refractivity contribution in [3.05, 3.63) is 77.9 Å². The smallest absolute Gasteiger partial charge is 0.331 e. The standard InChI is InChI=1S/C48H66N6O10/c1-9-32(4)42(64-41(56)25-24-34-18-12-10-13-19-34)47(61)53-26-16-22-36(53)43(57)49-30-40(55)51(6)38(28-31(2)3)44(58)50-33(5)45(59)52(7)39(29-35-20-14-11-15-21-35)46(60)54-27-17-23-37(54)48(62)63-8/h10-15,18-21,24-25,31-33,36-39,42H,9,16-17,22-23,26-30H2,1-8H3,(H,49,57)(H,50,58)/b25-24-/t32-,33+,36-,37-,38-,39-,42+/m1/s1. The van der Waals surface area contributed by atoms with Gasteiger partial charge in [0.2, 0.25) is 29.5 Å².